The SMILES string of the molecule is CCC.CN(C)C1CCCN(C(=O)OCc2ccccc2)CC1.COc1cc(C)c(S(=O)(=O)N(C)CCC(=O)Cc2ccc(N3CCCC(N(C)C)CC3)cc2)c(C)c1.Cl.O=C1CCCN(C(=O)OCc2ccccc2)CC1. The zero-order valence-corrected chi connectivity index (χ0v) is 50.0. The number of hydrogen-bond acceptors (Lipinski definition) is 12. The Hall–Kier alpha value is -5.52. The van der Waals surface area contributed by atoms with Crippen molar-refractivity contribution in [2.24, 2.45) is 0 Å². The minimum absolute atomic E-state index is 0. The lowest BCUT2D eigenvalue weighted by molar-refractivity contribution is -0.119. The van der Waals surface area contributed by atoms with Crippen molar-refractivity contribution < 1.29 is 41.8 Å². The van der Waals surface area contributed by atoms with Crippen molar-refractivity contribution in [2.45, 2.75) is 135 Å². The van der Waals surface area contributed by atoms with E-state index < -0.39 is 10.0 Å². The molecule has 4 aromatic rings. The first-order chi connectivity index (χ1) is 36.9. The molecule has 0 aromatic heterocycles. The maximum absolute atomic E-state index is 13.2. The number of anilines is 1. The Morgan fingerprint density at radius 2 is 1.10 bits per heavy atom. The molecule has 0 N–H and O–H groups in total. The number of carbonyl (C=O) groups excluding carboxylic acids is 4. The van der Waals surface area contributed by atoms with Crippen molar-refractivity contribution in [3.05, 3.63) is 125 Å². The lowest BCUT2D eigenvalue weighted by Crippen LogP contribution is -2.34. The van der Waals surface area contributed by atoms with Crippen LogP contribution in [0.3, 0.4) is 0 Å². The summed E-state index contributed by atoms with van der Waals surface area (Å²) < 4.78 is 43.5. The summed E-state index contributed by atoms with van der Waals surface area (Å²) in [7, 11) is 7.90. The van der Waals surface area contributed by atoms with Gasteiger partial charge in [-0.3, -0.25) is 9.59 Å². The van der Waals surface area contributed by atoms with Crippen molar-refractivity contribution in [3.8, 4) is 5.75 Å². The third-order valence-corrected chi connectivity index (χ3v) is 16.2. The summed E-state index contributed by atoms with van der Waals surface area (Å²) >= 11 is 0. The van der Waals surface area contributed by atoms with Gasteiger partial charge in [0.1, 0.15) is 30.5 Å². The van der Waals surface area contributed by atoms with Gasteiger partial charge in [-0.2, -0.15) is 0 Å². The number of rotatable bonds is 15. The highest BCUT2D eigenvalue weighted by atomic mass is 35.5. The number of carbonyl (C=O) groups is 4. The van der Waals surface area contributed by atoms with Crippen LogP contribution in [-0.4, -0.2) is 156 Å². The largest absolute Gasteiger partial charge is 0.497 e. The molecule has 17 heteroatoms. The molecule has 4 aromatic carbocycles. The van der Waals surface area contributed by atoms with E-state index in [1.54, 1.807) is 38.0 Å². The molecule has 2 amide bonds. The van der Waals surface area contributed by atoms with Gasteiger partial charge in [0.15, 0.2) is 0 Å². The van der Waals surface area contributed by atoms with E-state index in [0.717, 1.165) is 75.0 Å². The summed E-state index contributed by atoms with van der Waals surface area (Å²) in [4.78, 5) is 58.6. The van der Waals surface area contributed by atoms with E-state index in [4.69, 9.17) is 14.2 Å². The van der Waals surface area contributed by atoms with Crippen molar-refractivity contribution in [1.29, 1.82) is 0 Å². The molecule has 2 unspecified atom stereocenters. The zero-order chi connectivity index (χ0) is 56.3. The Balaban J connectivity index is 0.000000322. The molecule has 7 rings (SSSR count). The summed E-state index contributed by atoms with van der Waals surface area (Å²) in [5.74, 6) is 0.881. The van der Waals surface area contributed by atoms with Gasteiger partial charge in [0.05, 0.1) is 12.0 Å². The van der Waals surface area contributed by atoms with Gasteiger partial charge >= 0.3 is 12.2 Å². The third kappa shape index (κ3) is 22.7. The summed E-state index contributed by atoms with van der Waals surface area (Å²) in [6.45, 7) is 13.3. The van der Waals surface area contributed by atoms with E-state index in [2.05, 4.69) is 68.9 Å². The summed E-state index contributed by atoms with van der Waals surface area (Å²) in [6.07, 6.45) is 9.73. The second kappa shape index (κ2) is 35.2. The highest BCUT2D eigenvalue weighted by molar-refractivity contribution is 7.89. The van der Waals surface area contributed by atoms with Crippen LogP contribution in [0.1, 0.15) is 112 Å². The Kier molecular flexibility index (Phi) is 30.1. The molecule has 15 nitrogen and oxygen atoms in total. The number of benzene rings is 4. The molecule has 3 heterocycles. The second-order valence-electron chi connectivity index (χ2n) is 20.8. The van der Waals surface area contributed by atoms with Crippen LogP contribution in [0.25, 0.3) is 0 Å². The Bertz CT molecular complexity index is 2500. The molecule has 0 saturated carbocycles. The van der Waals surface area contributed by atoms with Crippen LogP contribution in [0, 0.1) is 13.8 Å². The molecule has 3 aliphatic heterocycles. The Morgan fingerprint density at radius 3 is 1.62 bits per heavy atom. The number of nitrogens with zero attached hydrogens (tertiary/aromatic N) is 6. The molecule has 3 aliphatic rings. The molecular weight excluding hydrogens is 1030 g/mol. The molecule has 78 heavy (non-hydrogen) atoms. The first-order valence-corrected chi connectivity index (χ1v) is 29.0. The van der Waals surface area contributed by atoms with E-state index in [0.29, 0.717) is 67.9 Å². The average Bonchev–Trinajstić information content (AvgIpc) is 3.94. The molecular formula is C61H91ClN6O9S. The van der Waals surface area contributed by atoms with Gasteiger partial charge in [-0.15, -0.1) is 12.4 Å². The van der Waals surface area contributed by atoms with Crippen LogP contribution < -0.4 is 9.64 Å². The maximum atomic E-state index is 13.2. The summed E-state index contributed by atoms with van der Waals surface area (Å²) in [5.41, 5.74) is 5.41. The minimum atomic E-state index is -3.71. The van der Waals surface area contributed by atoms with Gasteiger partial charge in [0.25, 0.3) is 0 Å². The van der Waals surface area contributed by atoms with E-state index in [1.807, 2.05) is 77.7 Å². The van der Waals surface area contributed by atoms with Gasteiger partial charge in [-0.05, 0) is 139 Å². The molecule has 0 radical (unpaired) electrons. The van der Waals surface area contributed by atoms with Gasteiger partial charge in [-0.1, -0.05) is 93.1 Å². The van der Waals surface area contributed by atoms with Gasteiger partial charge < -0.3 is 38.7 Å². The summed E-state index contributed by atoms with van der Waals surface area (Å²) in [5, 5.41) is 0. The topological polar surface area (TPSA) is 150 Å². The number of ether oxygens (including phenoxy) is 3. The van der Waals surface area contributed by atoms with Crippen LogP contribution >= 0.6 is 12.4 Å². The molecule has 0 bridgehead atoms. The predicted octanol–water partition coefficient (Wildman–Crippen LogP) is 11.0. The zero-order valence-electron chi connectivity index (χ0n) is 48.4. The molecule has 432 valence electrons. The maximum Gasteiger partial charge on any atom is 0.410 e. The van der Waals surface area contributed by atoms with Crippen molar-refractivity contribution >= 4 is 51.9 Å². The number of sulfonamides is 1. The van der Waals surface area contributed by atoms with Crippen molar-refractivity contribution in [2.75, 3.05) is 93.1 Å². The van der Waals surface area contributed by atoms with E-state index in [9.17, 15) is 27.6 Å². The Labute approximate surface area is 474 Å². The minimum Gasteiger partial charge on any atom is -0.497 e. The number of methoxy groups -OCH3 is 1. The van der Waals surface area contributed by atoms with E-state index >= 15 is 0 Å². The molecule has 2 atom stereocenters. The Morgan fingerprint density at radius 1 is 0.615 bits per heavy atom. The van der Waals surface area contributed by atoms with Crippen molar-refractivity contribution in [1.82, 2.24) is 23.9 Å². The fraction of sp³-hybridized carbons (Fsp3) is 0.541. The van der Waals surface area contributed by atoms with Crippen LogP contribution in [0.2, 0.25) is 0 Å². The number of aryl methyl sites for hydroxylation is 2. The number of ketones is 2. The lowest BCUT2D eigenvalue weighted by Gasteiger charge is -2.25. The lowest BCUT2D eigenvalue weighted by atomic mass is 10.1. The third-order valence-electron chi connectivity index (χ3n) is 14.1. The van der Waals surface area contributed by atoms with Gasteiger partial charge in [0.2, 0.25) is 10.0 Å². The van der Waals surface area contributed by atoms with Crippen LogP contribution in [-0.2, 0) is 48.7 Å². The number of halogens is 1. The highest BCUT2D eigenvalue weighted by Gasteiger charge is 2.27. The van der Waals surface area contributed by atoms with Gasteiger partial charge in [-0.25, -0.2) is 22.3 Å². The monoisotopic (exact) mass is 1120 g/mol. The normalized spacial score (nSPS) is 16.8. The first kappa shape index (κ1) is 66.8. The van der Waals surface area contributed by atoms with Crippen LogP contribution in [0.4, 0.5) is 15.3 Å². The standard InChI is InChI=1S/C28H41N3O4S.C16H24N2O2.C14H17NO3.C3H8.ClH/c1-21-18-27(35-6)19-22(2)28(21)36(33,34)30(5)16-14-26(32)20-23-9-11-25(12-10-23)31-15-7-8-24(13-17-31)29(3)4;1-17(2)15-9-6-11-18(12-10-15)16(19)20-13-14-7-4-3-5-8-14;16-13-7-4-9-15(10-8-13)14(17)18-11-12-5-2-1-3-6-12;1-3-2;/h9-12,18-19,24H,7-8,13-17,20H2,1-6H3;3-5,7-8,15H,6,9-13H2,1-2H3;1-3,5-6H,4,7-11H2;3H2,1-2H3;1H. The molecule has 3 fully saturated rings. The van der Waals surface area contributed by atoms with Crippen LogP contribution in [0.5, 0.6) is 5.75 Å². The smallest absolute Gasteiger partial charge is 0.410 e. The van der Waals surface area contributed by atoms with E-state index in [1.165, 1.54) is 36.3 Å². The average molecular weight is 1120 g/mol. The number of amides is 2. The fourth-order valence-corrected chi connectivity index (χ4v) is 11.1. The summed E-state index contributed by atoms with van der Waals surface area (Å²) in [6, 6.07) is 32.3. The number of hydrogen-bond donors (Lipinski definition) is 0. The molecule has 0 aliphatic carbocycles. The molecule has 3 saturated heterocycles. The van der Waals surface area contributed by atoms with Crippen molar-refractivity contribution in [3.63, 3.8) is 0 Å². The second-order valence-corrected chi connectivity index (χ2v) is 22.8. The van der Waals surface area contributed by atoms with Gasteiger partial charge in [0, 0.05) is 96.3 Å². The fourth-order valence-electron chi connectivity index (χ4n) is 9.53. The van der Waals surface area contributed by atoms with Crippen LogP contribution in [0.15, 0.2) is 102 Å². The molecule has 0 spiro atoms. The first-order valence-electron chi connectivity index (χ1n) is 27.6. The van der Waals surface area contributed by atoms with E-state index in [-0.39, 0.29) is 60.6 Å². The quantitative estimate of drug-likeness (QED) is 0.111. The number of Topliss-reactive ketones (excluding diaryl/α,β-unsaturated/α-hetero) is 2. The predicted molar refractivity (Wildman–Crippen MR) is 315 cm³/mol. The highest BCUT2D eigenvalue weighted by Crippen LogP contribution is 2.28. The number of likely N-dealkylation sites (tertiary alicyclic amines) is 2.